The molecule has 1 rings (SSSR count). The van der Waals surface area contributed by atoms with E-state index in [1.165, 1.54) is 6.92 Å². The average Bonchev–Trinajstić information content (AvgIpc) is 2.38. The number of benzene rings is 1. The van der Waals surface area contributed by atoms with Crippen molar-refractivity contribution in [3.63, 3.8) is 0 Å². The monoisotopic (exact) mass is 276 g/mol. The van der Waals surface area contributed by atoms with Crippen molar-refractivity contribution in [3.8, 4) is 0 Å². The highest BCUT2D eigenvalue weighted by molar-refractivity contribution is 6.00. The lowest BCUT2D eigenvalue weighted by Crippen LogP contribution is -2.38. The molecule has 20 heavy (non-hydrogen) atoms. The second-order valence-electron chi connectivity index (χ2n) is 4.99. The summed E-state index contributed by atoms with van der Waals surface area (Å²) >= 11 is 0. The number of Topliss-reactive ketones (excluding diaryl/α,β-unsaturated/α-hetero) is 2. The van der Waals surface area contributed by atoms with E-state index in [1.807, 2.05) is 30.3 Å². The highest BCUT2D eigenvalue weighted by Gasteiger charge is 2.19. The molecule has 0 saturated heterocycles. The van der Waals surface area contributed by atoms with Gasteiger partial charge < -0.3 is 5.73 Å². The lowest BCUT2D eigenvalue weighted by atomic mass is 10.0. The van der Waals surface area contributed by atoms with E-state index in [0.29, 0.717) is 12.3 Å². The molecular weight excluding hydrogens is 254 g/mol. The lowest BCUT2D eigenvalue weighted by Gasteiger charge is -2.10. The van der Waals surface area contributed by atoms with Gasteiger partial charge in [0.25, 0.3) is 0 Å². The number of hydrogen-bond donors (Lipinski definition) is 2. The number of carbonyl (C=O) groups excluding carboxylic acids is 2. The number of likely N-dealkylation sites (N-methyl/N-ethyl adjacent to an activating group) is 1. The van der Waals surface area contributed by atoms with E-state index < -0.39 is 6.04 Å². The van der Waals surface area contributed by atoms with Crippen LogP contribution in [0.15, 0.2) is 30.3 Å². The first-order chi connectivity index (χ1) is 9.40. The van der Waals surface area contributed by atoms with E-state index in [-0.39, 0.29) is 24.5 Å². The highest BCUT2D eigenvalue weighted by Crippen LogP contribution is 2.03. The molecule has 5 nitrogen and oxygen atoms in total. The molecule has 0 saturated carbocycles. The molecule has 1 atom stereocenters. The van der Waals surface area contributed by atoms with Gasteiger partial charge in [0.05, 0.1) is 13.1 Å². The fourth-order valence-corrected chi connectivity index (χ4v) is 1.86. The molecule has 4 N–H and O–H groups in total. The Kier molecular flexibility index (Phi) is 6.06. The summed E-state index contributed by atoms with van der Waals surface area (Å²) in [4.78, 5) is 23.0. The Morgan fingerprint density at radius 3 is 2.40 bits per heavy atom. The largest absolute Gasteiger partial charge is 0.321 e. The van der Waals surface area contributed by atoms with Gasteiger partial charge in [-0.25, -0.2) is 0 Å². The molecule has 0 aliphatic carbocycles. The van der Waals surface area contributed by atoms with Crippen LogP contribution in [0.4, 0.5) is 0 Å². The van der Waals surface area contributed by atoms with Crippen LogP contribution in [0.5, 0.6) is 0 Å². The fourth-order valence-electron chi connectivity index (χ4n) is 1.86. The van der Waals surface area contributed by atoms with Crippen molar-refractivity contribution in [2.75, 3.05) is 13.6 Å². The summed E-state index contributed by atoms with van der Waals surface area (Å²) in [5.74, 6) is 0.243. The van der Waals surface area contributed by atoms with E-state index in [1.54, 1.807) is 11.6 Å². The van der Waals surface area contributed by atoms with Crippen LogP contribution < -0.4 is 11.5 Å². The maximum Gasteiger partial charge on any atom is 0.250 e. The van der Waals surface area contributed by atoms with Crippen LogP contribution in [0.3, 0.4) is 0 Å². The van der Waals surface area contributed by atoms with Gasteiger partial charge >= 0.3 is 0 Å². The van der Waals surface area contributed by atoms with Gasteiger partial charge in [0.1, 0.15) is 13.0 Å². The minimum atomic E-state index is -0.582. The Bertz CT molecular complexity index is 509. The molecule has 0 fully saturated rings. The Morgan fingerprint density at radius 2 is 1.85 bits per heavy atom. The minimum absolute atomic E-state index is 0.00326. The van der Waals surface area contributed by atoms with Crippen molar-refractivity contribution in [1.82, 2.24) is 0 Å². The third-order valence-electron chi connectivity index (χ3n) is 3.02. The first-order valence-corrected chi connectivity index (χ1v) is 6.54. The van der Waals surface area contributed by atoms with Gasteiger partial charge in [0.2, 0.25) is 5.84 Å². The van der Waals surface area contributed by atoms with Crippen LogP contribution in [-0.4, -0.2) is 41.6 Å². The summed E-state index contributed by atoms with van der Waals surface area (Å²) < 4.78 is 1.58. The van der Waals surface area contributed by atoms with Crippen molar-refractivity contribution in [1.29, 1.82) is 0 Å². The molecule has 1 unspecified atom stereocenters. The summed E-state index contributed by atoms with van der Waals surface area (Å²) in [6, 6.07) is 9.02. The Labute approximate surface area is 119 Å². The highest BCUT2D eigenvalue weighted by atomic mass is 16.1. The predicted molar refractivity (Wildman–Crippen MR) is 78.7 cm³/mol. The second kappa shape index (κ2) is 7.55. The lowest BCUT2D eigenvalue weighted by molar-refractivity contribution is -0.486. The molecule has 0 aliphatic rings. The number of carbonyl (C=O) groups is 2. The molecule has 0 radical (unpaired) electrons. The van der Waals surface area contributed by atoms with E-state index >= 15 is 0 Å². The number of hydrogen-bond acceptors (Lipinski definition) is 3. The van der Waals surface area contributed by atoms with Gasteiger partial charge in [0, 0.05) is 0 Å². The van der Waals surface area contributed by atoms with Crippen LogP contribution in [0, 0.1) is 0 Å². The summed E-state index contributed by atoms with van der Waals surface area (Å²) in [6.45, 7) is 1.68. The standard InChI is InChI=1S/C15H21N3O2/c1-11(19)10-18(2)15(17)9-14(20)13(16)8-12-6-4-3-5-7-12/h3-7,13,17H,8-10,16H2,1-2H3/p+1. The minimum Gasteiger partial charge on any atom is -0.321 e. The van der Waals surface area contributed by atoms with Crippen LogP contribution >= 0.6 is 0 Å². The summed E-state index contributed by atoms with van der Waals surface area (Å²) in [5, 5.41) is 0. The molecule has 0 aliphatic heterocycles. The van der Waals surface area contributed by atoms with Crippen LogP contribution in [0.2, 0.25) is 0 Å². The number of amidine groups is 1. The van der Waals surface area contributed by atoms with Gasteiger partial charge in [-0.3, -0.25) is 19.9 Å². The molecule has 108 valence electrons. The Balaban J connectivity index is 2.60. The van der Waals surface area contributed by atoms with E-state index in [4.69, 9.17) is 11.5 Å². The van der Waals surface area contributed by atoms with Crippen LogP contribution in [0.1, 0.15) is 18.9 Å². The quantitative estimate of drug-likeness (QED) is 0.420. The maximum absolute atomic E-state index is 12.0. The summed E-state index contributed by atoms with van der Waals surface area (Å²) in [5.41, 5.74) is 12.7. The topological polar surface area (TPSA) is 89.2 Å². The molecule has 0 heterocycles. The zero-order valence-electron chi connectivity index (χ0n) is 12.0. The van der Waals surface area contributed by atoms with Crippen LogP contribution in [-0.2, 0) is 16.0 Å². The van der Waals surface area contributed by atoms with Crippen molar-refractivity contribution in [3.05, 3.63) is 35.9 Å². The van der Waals surface area contributed by atoms with Gasteiger partial charge in [-0.15, -0.1) is 0 Å². The van der Waals surface area contributed by atoms with E-state index in [0.717, 1.165) is 5.56 Å². The third kappa shape index (κ3) is 5.32. The summed E-state index contributed by atoms with van der Waals surface area (Å²) in [6.07, 6.45) is 0.557. The average molecular weight is 276 g/mol. The van der Waals surface area contributed by atoms with Gasteiger partial charge in [-0.2, -0.15) is 0 Å². The predicted octanol–water partition coefficient (Wildman–Crippen LogP) is 0.104. The van der Waals surface area contributed by atoms with Crippen molar-refractivity contribution in [2.45, 2.75) is 25.8 Å². The molecule has 1 aromatic carbocycles. The molecule has 1 aromatic rings. The van der Waals surface area contributed by atoms with Crippen LogP contribution in [0.25, 0.3) is 0 Å². The zero-order chi connectivity index (χ0) is 15.1. The van der Waals surface area contributed by atoms with E-state index in [9.17, 15) is 9.59 Å². The second-order valence-corrected chi connectivity index (χ2v) is 4.99. The SMILES string of the molecule is CC(=O)C[N+](C)=C(N)CC(=O)C(N)Cc1ccccc1. The number of ketones is 2. The molecular formula is C15H22N3O2+. The maximum atomic E-state index is 12.0. The van der Waals surface area contributed by atoms with Crippen molar-refractivity contribution in [2.24, 2.45) is 11.5 Å². The summed E-state index contributed by atoms with van der Waals surface area (Å²) in [7, 11) is 1.69. The first kappa shape index (κ1) is 16.0. The smallest absolute Gasteiger partial charge is 0.250 e. The molecule has 0 amide bonds. The third-order valence-corrected chi connectivity index (χ3v) is 3.02. The number of rotatable bonds is 7. The van der Waals surface area contributed by atoms with Gasteiger partial charge in [-0.05, 0) is 18.9 Å². The normalized spacial score (nSPS) is 13.6. The van der Waals surface area contributed by atoms with Gasteiger partial charge in [-0.1, -0.05) is 30.3 Å². The zero-order valence-corrected chi connectivity index (χ0v) is 12.0. The molecule has 5 heteroatoms. The van der Waals surface area contributed by atoms with Crippen molar-refractivity contribution < 1.29 is 14.2 Å². The Morgan fingerprint density at radius 1 is 1.25 bits per heavy atom. The number of nitrogens with two attached hydrogens (primary N) is 2. The van der Waals surface area contributed by atoms with Gasteiger partial charge in [0.15, 0.2) is 11.6 Å². The molecule has 0 bridgehead atoms. The van der Waals surface area contributed by atoms with Crippen molar-refractivity contribution >= 4 is 17.4 Å². The Hall–Kier alpha value is -2.01. The molecule has 0 aromatic heterocycles. The fraction of sp³-hybridized carbons (Fsp3) is 0.400. The molecule has 0 spiro atoms. The first-order valence-electron chi connectivity index (χ1n) is 6.54. The van der Waals surface area contributed by atoms with E-state index in [2.05, 4.69) is 0 Å². The number of nitrogens with zero attached hydrogens (tertiary/aromatic N) is 1.